The van der Waals surface area contributed by atoms with Gasteiger partial charge < -0.3 is 10.2 Å². The number of aliphatic hydroxyl groups is 1. The molecule has 100 valence electrons. The van der Waals surface area contributed by atoms with Crippen molar-refractivity contribution in [3.8, 4) is 0 Å². The third-order valence-electron chi connectivity index (χ3n) is 2.63. The molecule has 0 aromatic heterocycles. The van der Waals surface area contributed by atoms with Gasteiger partial charge >= 0.3 is 5.97 Å². The molecule has 0 aliphatic carbocycles. The second-order valence-corrected chi connectivity index (χ2v) is 5.75. The lowest BCUT2D eigenvalue weighted by molar-refractivity contribution is -0.136. The molecule has 1 aromatic carbocycles. The molecule has 0 amide bonds. The maximum Gasteiger partial charge on any atom is 0.319 e. The first-order valence-electron chi connectivity index (χ1n) is 5.90. The van der Waals surface area contributed by atoms with Crippen molar-refractivity contribution in [1.29, 1.82) is 0 Å². The molecule has 0 fully saturated rings. The van der Waals surface area contributed by atoms with E-state index in [0.717, 1.165) is 5.56 Å². The Hall–Kier alpha value is -1.20. The highest BCUT2D eigenvalue weighted by molar-refractivity contribution is 7.86. The number of hydrogen-bond donors (Lipinski definition) is 2. The highest BCUT2D eigenvalue weighted by atomic mass is 32.2. The first-order valence-corrected chi connectivity index (χ1v) is 7.28. The SMILES string of the molecule is O=C(O)C(CCc1ccccc1)S(=O)CCCO. The number of carboxylic acid groups (broad SMARTS) is 1. The van der Waals surface area contributed by atoms with Crippen LogP contribution in [-0.4, -0.2) is 38.0 Å². The van der Waals surface area contributed by atoms with E-state index in [1.54, 1.807) is 0 Å². The minimum absolute atomic E-state index is 0.0588. The van der Waals surface area contributed by atoms with Crippen LogP contribution in [0.15, 0.2) is 30.3 Å². The van der Waals surface area contributed by atoms with E-state index in [-0.39, 0.29) is 12.4 Å². The van der Waals surface area contributed by atoms with Crippen LogP contribution in [0.25, 0.3) is 0 Å². The van der Waals surface area contributed by atoms with E-state index in [2.05, 4.69) is 0 Å². The third-order valence-corrected chi connectivity index (χ3v) is 4.40. The Morgan fingerprint density at radius 3 is 2.50 bits per heavy atom. The molecule has 4 nitrogen and oxygen atoms in total. The van der Waals surface area contributed by atoms with Gasteiger partial charge in [-0.2, -0.15) is 0 Å². The fourth-order valence-electron chi connectivity index (χ4n) is 1.66. The van der Waals surface area contributed by atoms with Gasteiger partial charge in [0.1, 0.15) is 5.25 Å². The van der Waals surface area contributed by atoms with Gasteiger partial charge in [0.15, 0.2) is 0 Å². The molecule has 0 spiro atoms. The summed E-state index contributed by atoms with van der Waals surface area (Å²) in [5, 5.41) is 16.9. The van der Waals surface area contributed by atoms with E-state index in [9.17, 15) is 9.00 Å². The summed E-state index contributed by atoms with van der Waals surface area (Å²) < 4.78 is 11.8. The van der Waals surface area contributed by atoms with Gasteiger partial charge in [0.25, 0.3) is 0 Å². The van der Waals surface area contributed by atoms with Gasteiger partial charge in [0.05, 0.1) is 0 Å². The molecule has 2 unspecified atom stereocenters. The maximum atomic E-state index is 11.8. The molecule has 1 rings (SSSR count). The van der Waals surface area contributed by atoms with Gasteiger partial charge in [-0.3, -0.25) is 9.00 Å². The van der Waals surface area contributed by atoms with Gasteiger partial charge in [-0.05, 0) is 24.8 Å². The predicted molar refractivity (Wildman–Crippen MR) is 70.9 cm³/mol. The number of rotatable bonds is 8. The molecule has 2 N–H and O–H groups in total. The number of benzene rings is 1. The topological polar surface area (TPSA) is 74.6 Å². The Kier molecular flexibility index (Phi) is 6.60. The van der Waals surface area contributed by atoms with Crippen molar-refractivity contribution >= 4 is 16.8 Å². The van der Waals surface area contributed by atoms with E-state index in [1.807, 2.05) is 30.3 Å². The summed E-state index contributed by atoms with van der Waals surface area (Å²) in [5.41, 5.74) is 1.04. The van der Waals surface area contributed by atoms with Crippen molar-refractivity contribution in [3.63, 3.8) is 0 Å². The Bertz CT molecular complexity index is 391. The summed E-state index contributed by atoms with van der Waals surface area (Å²) in [6, 6.07) is 9.55. The van der Waals surface area contributed by atoms with Crippen LogP contribution in [-0.2, 0) is 22.0 Å². The molecule has 0 bridgehead atoms. The van der Waals surface area contributed by atoms with Crippen LogP contribution in [0.4, 0.5) is 0 Å². The number of aliphatic carboxylic acids is 1. The van der Waals surface area contributed by atoms with E-state index in [1.165, 1.54) is 0 Å². The Labute approximate surface area is 109 Å². The zero-order valence-corrected chi connectivity index (χ0v) is 10.9. The molecular weight excluding hydrogens is 252 g/mol. The average Bonchev–Trinajstić information content (AvgIpc) is 2.37. The molecular formula is C13H18O4S. The largest absolute Gasteiger partial charge is 0.480 e. The van der Waals surface area contributed by atoms with Crippen LogP contribution < -0.4 is 0 Å². The zero-order valence-electron chi connectivity index (χ0n) is 10.1. The van der Waals surface area contributed by atoms with Crippen LogP contribution in [0.5, 0.6) is 0 Å². The maximum absolute atomic E-state index is 11.8. The quantitative estimate of drug-likeness (QED) is 0.744. The Morgan fingerprint density at radius 2 is 1.94 bits per heavy atom. The smallest absolute Gasteiger partial charge is 0.319 e. The summed E-state index contributed by atoms with van der Waals surface area (Å²) >= 11 is 0. The van der Waals surface area contributed by atoms with Crippen LogP contribution in [0.2, 0.25) is 0 Å². The molecule has 0 aliphatic heterocycles. The summed E-state index contributed by atoms with van der Waals surface area (Å²) in [4.78, 5) is 11.1. The van der Waals surface area contributed by atoms with Crippen molar-refractivity contribution in [2.24, 2.45) is 0 Å². The van der Waals surface area contributed by atoms with E-state index < -0.39 is 22.0 Å². The number of aryl methyl sites for hydroxylation is 1. The number of hydrogen-bond acceptors (Lipinski definition) is 3. The highest BCUT2D eigenvalue weighted by Gasteiger charge is 2.23. The van der Waals surface area contributed by atoms with Crippen molar-refractivity contribution < 1.29 is 19.2 Å². The van der Waals surface area contributed by atoms with Crippen LogP contribution in [0, 0.1) is 0 Å². The number of carbonyl (C=O) groups is 1. The van der Waals surface area contributed by atoms with Gasteiger partial charge in [-0.25, -0.2) is 0 Å². The predicted octanol–water partition coefficient (Wildman–Crippen LogP) is 1.20. The van der Waals surface area contributed by atoms with Crippen LogP contribution in [0.3, 0.4) is 0 Å². The first kappa shape index (κ1) is 14.9. The molecule has 0 saturated carbocycles. The minimum Gasteiger partial charge on any atom is -0.480 e. The molecule has 2 atom stereocenters. The molecule has 0 aliphatic rings. The molecule has 0 heterocycles. The summed E-state index contributed by atoms with van der Waals surface area (Å²) in [6.45, 7) is -0.0588. The number of carboxylic acids is 1. The molecule has 0 saturated heterocycles. The van der Waals surface area contributed by atoms with E-state index in [4.69, 9.17) is 10.2 Å². The van der Waals surface area contributed by atoms with Gasteiger partial charge in [-0.15, -0.1) is 0 Å². The fourth-order valence-corrected chi connectivity index (χ4v) is 2.96. The number of aliphatic hydroxyl groups excluding tert-OH is 1. The summed E-state index contributed by atoms with van der Waals surface area (Å²) in [7, 11) is -1.42. The first-order chi connectivity index (χ1) is 8.65. The second-order valence-electron chi connectivity index (χ2n) is 4.01. The standard InChI is InChI=1S/C13H18O4S/c14-9-4-10-18(17)12(13(15)16)8-7-11-5-2-1-3-6-11/h1-3,5-6,12,14H,4,7-10H2,(H,15,16). The van der Waals surface area contributed by atoms with Gasteiger partial charge in [0.2, 0.25) is 0 Å². The van der Waals surface area contributed by atoms with Crippen molar-refractivity contribution in [3.05, 3.63) is 35.9 Å². The van der Waals surface area contributed by atoms with Crippen molar-refractivity contribution in [2.45, 2.75) is 24.5 Å². The lowest BCUT2D eigenvalue weighted by Gasteiger charge is -2.11. The van der Waals surface area contributed by atoms with Crippen molar-refractivity contribution in [2.75, 3.05) is 12.4 Å². The Morgan fingerprint density at radius 1 is 1.28 bits per heavy atom. The van der Waals surface area contributed by atoms with Gasteiger partial charge in [0, 0.05) is 23.2 Å². The normalized spacial score (nSPS) is 14.1. The average molecular weight is 270 g/mol. The van der Waals surface area contributed by atoms with E-state index >= 15 is 0 Å². The fraction of sp³-hybridized carbons (Fsp3) is 0.462. The summed E-state index contributed by atoms with van der Waals surface area (Å²) in [6.07, 6.45) is 1.34. The lowest BCUT2D eigenvalue weighted by atomic mass is 10.1. The minimum atomic E-state index is -1.42. The molecule has 0 radical (unpaired) electrons. The molecule has 1 aromatic rings. The summed E-state index contributed by atoms with van der Waals surface area (Å²) in [5.74, 6) is -0.787. The second kappa shape index (κ2) is 8.00. The molecule has 5 heteroatoms. The third kappa shape index (κ3) is 4.98. The Balaban J connectivity index is 2.53. The lowest BCUT2D eigenvalue weighted by Crippen LogP contribution is -2.28. The monoisotopic (exact) mass is 270 g/mol. The van der Waals surface area contributed by atoms with Crippen LogP contribution >= 0.6 is 0 Å². The van der Waals surface area contributed by atoms with Crippen molar-refractivity contribution in [1.82, 2.24) is 0 Å². The van der Waals surface area contributed by atoms with E-state index in [0.29, 0.717) is 19.3 Å². The van der Waals surface area contributed by atoms with Crippen LogP contribution in [0.1, 0.15) is 18.4 Å². The molecule has 18 heavy (non-hydrogen) atoms. The highest BCUT2D eigenvalue weighted by Crippen LogP contribution is 2.10. The van der Waals surface area contributed by atoms with Gasteiger partial charge in [-0.1, -0.05) is 30.3 Å². The zero-order chi connectivity index (χ0) is 13.4.